The number of hydrogen-bond acceptors (Lipinski definition) is 4. The van der Waals surface area contributed by atoms with Gasteiger partial charge in [-0.3, -0.25) is 14.5 Å². The van der Waals surface area contributed by atoms with E-state index in [1.807, 2.05) is 13.8 Å². The maximum atomic E-state index is 11.9. The Bertz CT molecular complexity index is 580. The van der Waals surface area contributed by atoms with Gasteiger partial charge in [0.05, 0.1) is 6.54 Å². The van der Waals surface area contributed by atoms with Gasteiger partial charge in [-0.25, -0.2) is 0 Å². The summed E-state index contributed by atoms with van der Waals surface area (Å²) in [5.74, 6) is -0.297. The minimum absolute atomic E-state index is 0.0324. The van der Waals surface area contributed by atoms with Gasteiger partial charge in [-0.2, -0.15) is 0 Å². The number of piperazine rings is 1. The molecule has 1 heterocycles. The molecule has 0 aliphatic carbocycles. The molecule has 1 aromatic carbocycles. The van der Waals surface area contributed by atoms with Gasteiger partial charge in [0.15, 0.2) is 0 Å². The van der Waals surface area contributed by atoms with Crippen molar-refractivity contribution in [3.05, 3.63) is 35.4 Å². The lowest BCUT2D eigenvalue weighted by molar-refractivity contribution is -0.128. The summed E-state index contributed by atoms with van der Waals surface area (Å²) in [6, 6.07) is 8.38. The molecule has 26 heavy (non-hydrogen) atoms. The monoisotopic (exact) mass is 360 g/mol. The number of benzene rings is 1. The fraction of sp³-hybridized carbons (Fsp3) is 0.600. The highest BCUT2D eigenvalue weighted by Crippen LogP contribution is 2.09. The first-order chi connectivity index (χ1) is 12.5. The molecule has 0 aromatic heterocycles. The Morgan fingerprint density at radius 1 is 1.04 bits per heavy atom. The molecule has 1 aromatic rings. The standard InChI is InChI=1S/C20H32N4O2/c1-4-16(2)20(26)22-14-19(25)21-13-17-5-7-18(8-6-17)15-24-11-9-23(3)10-12-24/h5-8,16H,4,9-15H2,1-3H3,(H,21,25)(H,22,26). The minimum Gasteiger partial charge on any atom is -0.350 e. The zero-order valence-electron chi connectivity index (χ0n) is 16.3. The Morgan fingerprint density at radius 3 is 2.27 bits per heavy atom. The van der Waals surface area contributed by atoms with E-state index in [-0.39, 0.29) is 24.3 Å². The molecule has 0 saturated carbocycles. The van der Waals surface area contributed by atoms with Crippen LogP contribution >= 0.6 is 0 Å². The highest BCUT2D eigenvalue weighted by atomic mass is 16.2. The van der Waals surface area contributed by atoms with Crippen molar-refractivity contribution in [2.24, 2.45) is 5.92 Å². The Hall–Kier alpha value is -1.92. The van der Waals surface area contributed by atoms with Crippen LogP contribution in [0.15, 0.2) is 24.3 Å². The van der Waals surface area contributed by atoms with Gasteiger partial charge in [-0.15, -0.1) is 0 Å². The van der Waals surface area contributed by atoms with Crippen molar-refractivity contribution in [3.63, 3.8) is 0 Å². The van der Waals surface area contributed by atoms with E-state index in [2.05, 4.69) is 51.7 Å². The first kappa shape index (κ1) is 20.4. The quantitative estimate of drug-likeness (QED) is 0.731. The van der Waals surface area contributed by atoms with E-state index in [9.17, 15) is 9.59 Å². The molecule has 144 valence electrons. The Kier molecular flexibility index (Phi) is 8.06. The molecule has 1 aliphatic heterocycles. The van der Waals surface area contributed by atoms with Gasteiger partial charge in [0.1, 0.15) is 0 Å². The number of hydrogen-bond donors (Lipinski definition) is 2. The molecule has 1 aliphatic rings. The molecule has 1 atom stereocenters. The average molecular weight is 361 g/mol. The number of nitrogens with zero attached hydrogens (tertiary/aromatic N) is 2. The Balaban J connectivity index is 1.70. The number of nitrogens with one attached hydrogen (secondary N) is 2. The summed E-state index contributed by atoms with van der Waals surface area (Å²) in [7, 11) is 2.16. The van der Waals surface area contributed by atoms with Gasteiger partial charge < -0.3 is 15.5 Å². The van der Waals surface area contributed by atoms with E-state index in [0.717, 1.165) is 44.7 Å². The summed E-state index contributed by atoms with van der Waals surface area (Å²) < 4.78 is 0. The second-order valence-electron chi connectivity index (χ2n) is 7.20. The van der Waals surface area contributed by atoms with Crippen LogP contribution in [0.25, 0.3) is 0 Å². The normalized spacial score (nSPS) is 16.9. The molecule has 1 fully saturated rings. The molecule has 2 amide bonds. The lowest BCUT2D eigenvalue weighted by Gasteiger charge is -2.32. The fourth-order valence-electron chi connectivity index (χ4n) is 2.82. The largest absolute Gasteiger partial charge is 0.350 e. The van der Waals surface area contributed by atoms with Gasteiger partial charge in [-0.1, -0.05) is 38.1 Å². The Labute approximate surface area is 156 Å². The molecule has 6 heteroatoms. The lowest BCUT2D eigenvalue weighted by atomic mass is 10.1. The van der Waals surface area contributed by atoms with Crippen molar-refractivity contribution in [3.8, 4) is 0 Å². The molecule has 2 rings (SSSR count). The van der Waals surface area contributed by atoms with Crippen LogP contribution in [0.4, 0.5) is 0 Å². The van der Waals surface area contributed by atoms with Crippen LogP contribution in [-0.2, 0) is 22.7 Å². The van der Waals surface area contributed by atoms with Crippen molar-refractivity contribution < 1.29 is 9.59 Å². The van der Waals surface area contributed by atoms with Gasteiger partial charge in [0.2, 0.25) is 11.8 Å². The molecule has 0 radical (unpaired) electrons. The third-order valence-electron chi connectivity index (χ3n) is 5.00. The summed E-state index contributed by atoms with van der Waals surface area (Å²) >= 11 is 0. The molecular weight excluding hydrogens is 328 g/mol. The van der Waals surface area contributed by atoms with Crippen LogP contribution in [0.3, 0.4) is 0 Å². The molecule has 2 N–H and O–H groups in total. The highest BCUT2D eigenvalue weighted by Gasteiger charge is 2.14. The van der Waals surface area contributed by atoms with Crippen molar-refractivity contribution in [2.75, 3.05) is 39.8 Å². The van der Waals surface area contributed by atoms with E-state index in [1.54, 1.807) is 0 Å². The summed E-state index contributed by atoms with van der Waals surface area (Å²) in [4.78, 5) is 28.3. The van der Waals surface area contributed by atoms with Crippen molar-refractivity contribution in [1.29, 1.82) is 0 Å². The smallest absolute Gasteiger partial charge is 0.239 e. The van der Waals surface area contributed by atoms with Gasteiger partial charge in [-0.05, 0) is 24.6 Å². The predicted molar refractivity (Wildman–Crippen MR) is 104 cm³/mol. The van der Waals surface area contributed by atoms with Gasteiger partial charge >= 0.3 is 0 Å². The second kappa shape index (κ2) is 10.3. The third kappa shape index (κ3) is 6.77. The first-order valence-corrected chi connectivity index (χ1v) is 9.51. The maximum absolute atomic E-state index is 11.9. The average Bonchev–Trinajstić information content (AvgIpc) is 2.66. The second-order valence-corrected chi connectivity index (χ2v) is 7.20. The molecular formula is C20H32N4O2. The van der Waals surface area contributed by atoms with Crippen LogP contribution in [0.5, 0.6) is 0 Å². The van der Waals surface area contributed by atoms with Crippen LogP contribution < -0.4 is 10.6 Å². The zero-order valence-corrected chi connectivity index (χ0v) is 16.3. The van der Waals surface area contributed by atoms with E-state index >= 15 is 0 Å². The summed E-state index contributed by atoms with van der Waals surface area (Å²) in [5, 5.41) is 5.51. The van der Waals surface area contributed by atoms with Crippen LogP contribution in [0.2, 0.25) is 0 Å². The number of carbonyl (C=O) groups is 2. The highest BCUT2D eigenvalue weighted by molar-refractivity contribution is 5.85. The summed E-state index contributed by atoms with van der Waals surface area (Å²) in [5.41, 5.74) is 2.36. The zero-order chi connectivity index (χ0) is 18.9. The first-order valence-electron chi connectivity index (χ1n) is 9.51. The molecule has 6 nitrogen and oxygen atoms in total. The third-order valence-corrected chi connectivity index (χ3v) is 5.00. The van der Waals surface area contributed by atoms with E-state index in [0.29, 0.717) is 6.54 Å². The van der Waals surface area contributed by atoms with E-state index in [4.69, 9.17) is 0 Å². The van der Waals surface area contributed by atoms with Crippen LogP contribution in [0, 0.1) is 5.92 Å². The molecule has 0 spiro atoms. The van der Waals surface area contributed by atoms with E-state index < -0.39 is 0 Å². The molecule has 1 unspecified atom stereocenters. The van der Waals surface area contributed by atoms with E-state index in [1.165, 1.54) is 5.56 Å². The SMILES string of the molecule is CCC(C)C(=O)NCC(=O)NCc1ccc(CN2CCN(C)CC2)cc1. The fourth-order valence-corrected chi connectivity index (χ4v) is 2.82. The number of amides is 2. The predicted octanol–water partition coefficient (Wildman–Crippen LogP) is 1.21. The number of rotatable bonds is 8. The summed E-state index contributed by atoms with van der Waals surface area (Å²) in [6.07, 6.45) is 0.772. The summed E-state index contributed by atoms with van der Waals surface area (Å²) in [6.45, 7) is 9.76. The maximum Gasteiger partial charge on any atom is 0.239 e. The lowest BCUT2D eigenvalue weighted by Crippen LogP contribution is -2.43. The van der Waals surface area contributed by atoms with Crippen LogP contribution in [-0.4, -0.2) is 61.4 Å². The van der Waals surface area contributed by atoms with Crippen molar-refractivity contribution >= 4 is 11.8 Å². The number of likely N-dealkylation sites (N-methyl/N-ethyl adjacent to an activating group) is 1. The Morgan fingerprint density at radius 2 is 1.65 bits per heavy atom. The van der Waals surface area contributed by atoms with Gasteiger partial charge in [0.25, 0.3) is 0 Å². The van der Waals surface area contributed by atoms with Gasteiger partial charge in [0, 0.05) is 45.2 Å². The minimum atomic E-state index is -0.164. The molecule has 1 saturated heterocycles. The van der Waals surface area contributed by atoms with Crippen LogP contribution in [0.1, 0.15) is 31.4 Å². The molecule has 0 bridgehead atoms. The topological polar surface area (TPSA) is 64.7 Å². The van der Waals surface area contributed by atoms with Crippen molar-refractivity contribution in [2.45, 2.75) is 33.4 Å². The number of carbonyl (C=O) groups excluding carboxylic acids is 2. The van der Waals surface area contributed by atoms with Crippen molar-refractivity contribution in [1.82, 2.24) is 20.4 Å².